The number of oxime groups is 2. The molecule has 2 aromatic carbocycles. The minimum absolute atomic E-state index is 0.0472. The number of hydrogen-bond acceptors (Lipinski definition) is 10. The Labute approximate surface area is 266 Å². The Balaban J connectivity index is 1.47. The summed E-state index contributed by atoms with van der Waals surface area (Å²) in [5.74, 6) is 1.11. The summed E-state index contributed by atoms with van der Waals surface area (Å²) in [5, 5.41) is 26.6. The molecule has 2 heterocycles. The summed E-state index contributed by atoms with van der Waals surface area (Å²) < 4.78 is 17.2. The monoisotopic (exact) mass is 633 g/mol. The Bertz CT molecular complexity index is 1480. The van der Waals surface area contributed by atoms with Crippen LogP contribution >= 0.6 is 0 Å². The molecule has 0 saturated carbocycles. The van der Waals surface area contributed by atoms with E-state index in [0.29, 0.717) is 53.7 Å². The van der Waals surface area contributed by atoms with Crippen LogP contribution < -0.4 is 26.3 Å². The van der Waals surface area contributed by atoms with E-state index in [1.54, 1.807) is 65.6 Å². The standard InChI is InChI=1S/C32H39N7O7/c1-32(2,3)46-31(41)35-15-12-20-13-16-39(17-14-20)30(40)23-18-26(44-24-8-4-21(5-9-24)28(33)37-42)36-27(19-23)45-25-10-6-22(7-11-25)29(34)38-43/h4-11,18-20,42-43H,12-17H2,1-3H3,(H2,33,37)(H2,34,38)(H,35,41). The molecular weight excluding hydrogens is 594 g/mol. The molecule has 2 amide bonds. The normalized spacial score (nSPS) is 14.5. The number of aromatic nitrogens is 1. The highest BCUT2D eigenvalue weighted by molar-refractivity contribution is 5.97. The van der Waals surface area contributed by atoms with Gasteiger partial charge in [-0.15, -0.1) is 0 Å². The number of carbonyl (C=O) groups is 2. The summed E-state index contributed by atoms with van der Waals surface area (Å²) in [7, 11) is 0. The number of ether oxygens (including phenoxy) is 3. The second-order valence-electron chi connectivity index (χ2n) is 11.7. The predicted molar refractivity (Wildman–Crippen MR) is 170 cm³/mol. The zero-order chi connectivity index (χ0) is 33.3. The maximum absolute atomic E-state index is 13.7. The van der Waals surface area contributed by atoms with Gasteiger partial charge in [0.2, 0.25) is 11.8 Å². The van der Waals surface area contributed by atoms with Crippen LogP contribution in [-0.4, -0.2) is 69.2 Å². The number of piperidine rings is 1. The molecule has 1 aliphatic heterocycles. The molecule has 1 saturated heterocycles. The second kappa shape index (κ2) is 15.0. The molecule has 1 aromatic heterocycles. The van der Waals surface area contributed by atoms with Gasteiger partial charge in [0.1, 0.15) is 17.1 Å². The van der Waals surface area contributed by atoms with E-state index in [2.05, 4.69) is 20.6 Å². The number of hydrogen-bond donors (Lipinski definition) is 5. The molecule has 7 N–H and O–H groups in total. The molecule has 3 aromatic rings. The van der Waals surface area contributed by atoms with Crippen LogP contribution in [0.1, 0.15) is 61.5 Å². The van der Waals surface area contributed by atoms with Crippen LogP contribution in [0.3, 0.4) is 0 Å². The van der Waals surface area contributed by atoms with Crippen molar-refractivity contribution in [1.29, 1.82) is 0 Å². The first-order valence-electron chi connectivity index (χ1n) is 14.7. The Morgan fingerprint density at radius 3 is 1.78 bits per heavy atom. The van der Waals surface area contributed by atoms with E-state index in [-0.39, 0.29) is 29.3 Å². The molecule has 0 spiro atoms. The summed E-state index contributed by atoms with van der Waals surface area (Å²) in [6.07, 6.45) is 1.93. The maximum Gasteiger partial charge on any atom is 0.407 e. The van der Waals surface area contributed by atoms with Gasteiger partial charge in [-0.05, 0) is 94.5 Å². The molecule has 0 atom stereocenters. The highest BCUT2D eigenvalue weighted by Gasteiger charge is 2.25. The SMILES string of the molecule is CC(C)(C)OC(=O)NCCC1CCN(C(=O)c2cc(Oc3ccc(C(N)=NO)cc3)nc(Oc3ccc(C(N)=NO)cc3)c2)CC1. The van der Waals surface area contributed by atoms with Gasteiger partial charge in [0.25, 0.3) is 5.91 Å². The maximum atomic E-state index is 13.7. The minimum Gasteiger partial charge on any atom is -0.444 e. The van der Waals surface area contributed by atoms with E-state index < -0.39 is 11.7 Å². The van der Waals surface area contributed by atoms with Gasteiger partial charge in [-0.25, -0.2) is 4.79 Å². The number of nitrogens with zero attached hydrogens (tertiary/aromatic N) is 4. The van der Waals surface area contributed by atoms with Crippen molar-refractivity contribution in [2.24, 2.45) is 27.7 Å². The third-order valence-electron chi connectivity index (χ3n) is 7.11. The van der Waals surface area contributed by atoms with Crippen molar-refractivity contribution in [2.75, 3.05) is 19.6 Å². The molecule has 46 heavy (non-hydrogen) atoms. The summed E-state index contributed by atoms with van der Waals surface area (Å²) >= 11 is 0. The minimum atomic E-state index is -0.553. The van der Waals surface area contributed by atoms with Gasteiger partial charge in [-0.3, -0.25) is 4.79 Å². The second-order valence-corrected chi connectivity index (χ2v) is 11.7. The van der Waals surface area contributed by atoms with Crippen molar-refractivity contribution < 1.29 is 34.2 Å². The fourth-order valence-electron chi connectivity index (χ4n) is 4.75. The van der Waals surface area contributed by atoms with Gasteiger partial charge < -0.3 is 46.3 Å². The Morgan fingerprint density at radius 1 is 0.870 bits per heavy atom. The molecule has 14 nitrogen and oxygen atoms in total. The number of alkyl carbamates (subject to hydrolysis) is 1. The quantitative estimate of drug-likeness (QED) is 0.0905. The highest BCUT2D eigenvalue weighted by Crippen LogP contribution is 2.29. The number of nitrogens with one attached hydrogen (secondary N) is 1. The first-order chi connectivity index (χ1) is 21.9. The van der Waals surface area contributed by atoms with E-state index in [0.717, 1.165) is 19.3 Å². The highest BCUT2D eigenvalue weighted by atomic mass is 16.6. The number of likely N-dealkylation sites (tertiary alicyclic amines) is 1. The fourth-order valence-corrected chi connectivity index (χ4v) is 4.75. The number of pyridine rings is 1. The number of rotatable bonds is 10. The van der Waals surface area contributed by atoms with Gasteiger partial charge in [0.05, 0.1) is 5.56 Å². The van der Waals surface area contributed by atoms with E-state index >= 15 is 0 Å². The lowest BCUT2D eigenvalue weighted by molar-refractivity contribution is 0.0522. The van der Waals surface area contributed by atoms with Gasteiger partial charge in [-0.2, -0.15) is 4.98 Å². The van der Waals surface area contributed by atoms with Crippen molar-refractivity contribution in [3.63, 3.8) is 0 Å². The molecule has 0 radical (unpaired) electrons. The van der Waals surface area contributed by atoms with Crippen molar-refractivity contribution in [3.8, 4) is 23.3 Å². The lowest BCUT2D eigenvalue weighted by Gasteiger charge is -2.32. The van der Waals surface area contributed by atoms with Gasteiger partial charge in [0, 0.05) is 42.9 Å². The van der Waals surface area contributed by atoms with Crippen LogP contribution in [0, 0.1) is 5.92 Å². The molecule has 0 unspecified atom stereocenters. The zero-order valence-electron chi connectivity index (χ0n) is 26.0. The number of nitrogens with two attached hydrogens (primary N) is 2. The van der Waals surface area contributed by atoms with Crippen LogP contribution in [0.5, 0.6) is 23.3 Å². The van der Waals surface area contributed by atoms with Crippen molar-refractivity contribution in [1.82, 2.24) is 15.2 Å². The van der Waals surface area contributed by atoms with Crippen LogP contribution in [0.15, 0.2) is 71.0 Å². The average molecular weight is 634 g/mol. The lowest BCUT2D eigenvalue weighted by atomic mass is 9.93. The smallest absolute Gasteiger partial charge is 0.407 e. The van der Waals surface area contributed by atoms with Crippen LogP contribution in [0.4, 0.5) is 4.79 Å². The Kier molecular flexibility index (Phi) is 10.9. The molecule has 1 fully saturated rings. The Hall–Kier alpha value is -5.53. The van der Waals surface area contributed by atoms with Crippen molar-refractivity contribution >= 4 is 23.7 Å². The van der Waals surface area contributed by atoms with E-state index in [1.807, 2.05) is 20.8 Å². The third kappa shape index (κ3) is 9.48. The molecular formula is C32H39N7O7. The van der Waals surface area contributed by atoms with Crippen LogP contribution in [-0.2, 0) is 4.74 Å². The summed E-state index contributed by atoms with van der Waals surface area (Å²) in [5.41, 5.74) is 12.1. The Morgan fingerprint density at radius 2 is 1.35 bits per heavy atom. The van der Waals surface area contributed by atoms with Crippen LogP contribution in [0.25, 0.3) is 0 Å². The molecule has 4 rings (SSSR count). The number of benzene rings is 2. The number of amidine groups is 2. The molecule has 14 heteroatoms. The third-order valence-corrected chi connectivity index (χ3v) is 7.11. The van der Waals surface area contributed by atoms with E-state index in [9.17, 15) is 9.59 Å². The van der Waals surface area contributed by atoms with Crippen molar-refractivity contribution in [3.05, 3.63) is 77.4 Å². The predicted octanol–water partition coefficient (Wildman–Crippen LogP) is 4.62. The van der Waals surface area contributed by atoms with Gasteiger partial charge >= 0.3 is 6.09 Å². The molecule has 0 bridgehead atoms. The fraction of sp³-hybridized carbons (Fsp3) is 0.344. The van der Waals surface area contributed by atoms with Gasteiger partial charge in [-0.1, -0.05) is 10.3 Å². The van der Waals surface area contributed by atoms with E-state index in [4.69, 9.17) is 36.1 Å². The summed E-state index contributed by atoms with van der Waals surface area (Å²) in [4.78, 5) is 31.8. The largest absolute Gasteiger partial charge is 0.444 e. The molecule has 244 valence electrons. The van der Waals surface area contributed by atoms with E-state index in [1.165, 1.54) is 0 Å². The summed E-state index contributed by atoms with van der Waals surface area (Å²) in [6.45, 7) is 7.06. The molecule has 1 aliphatic rings. The van der Waals surface area contributed by atoms with Gasteiger partial charge in [0.15, 0.2) is 11.7 Å². The average Bonchev–Trinajstić information content (AvgIpc) is 3.03. The number of carbonyl (C=O) groups excluding carboxylic acids is 2. The summed E-state index contributed by atoms with van der Waals surface area (Å²) in [6, 6.07) is 16.1. The number of amides is 2. The zero-order valence-corrected chi connectivity index (χ0v) is 26.0. The van der Waals surface area contributed by atoms with Crippen molar-refractivity contribution in [2.45, 2.75) is 45.6 Å². The topological polar surface area (TPSA) is 207 Å². The lowest BCUT2D eigenvalue weighted by Crippen LogP contribution is -2.39. The molecule has 0 aliphatic carbocycles. The van der Waals surface area contributed by atoms with Crippen LogP contribution in [0.2, 0.25) is 0 Å². The first-order valence-corrected chi connectivity index (χ1v) is 14.7. The first kappa shape index (κ1) is 33.4.